The van der Waals surface area contributed by atoms with Gasteiger partial charge in [-0.1, -0.05) is 0 Å². The largest absolute Gasteiger partial charge is 0.484 e. The number of halogens is 6. The van der Waals surface area contributed by atoms with Crippen LogP contribution in [0.5, 0.6) is 11.5 Å². The number of alkyl halides is 6. The SMILES string of the molecule is CNS(=O)(=O)c1cc(OCC(F)(F)F)ccc1OCC(F)(F)F. The molecule has 0 aliphatic carbocycles. The summed E-state index contributed by atoms with van der Waals surface area (Å²) in [5.41, 5.74) is 0. The first-order chi connectivity index (χ1) is 10.3. The Hall–Kier alpha value is -1.69. The summed E-state index contributed by atoms with van der Waals surface area (Å²) >= 11 is 0. The smallest absolute Gasteiger partial charge is 0.422 e. The lowest BCUT2D eigenvalue weighted by Gasteiger charge is -2.15. The summed E-state index contributed by atoms with van der Waals surface area (Å²) in [5, 5.41) is 0. The Kier molecular flexibility index (Phi) is 5.74. The van der Waals surface area contributed by atoms with E-state index < -0.39 is 52.0 Å². The summed E-state index contributed by atoms with van der Waals surface area (Å²) in [6.45, 7) is -3.45. The third-order valence-electron chi connectivity index (χ3n) is 2.27. The number of rotatable bonds is 6. The lowest BCUT2D eigenvalue weighted by atomic mass is 10.3. The van der Waals surface area contributed by atoms with E-state index in [1.807, 2.05) is 4.72 Å². The van der Waals surface area contributed by atoms with Gasteiger partial charge in [-0.25, -0.2) is 13.1 Å². The van der Waals surface area contributed by atoms with E-state index in [9.17, 15) is 34.8 Å². The first-order valence-electron chi connectivity index (χ1n) is 5.81. The van der Waals surface area contributed by atoms with Gasteiger partial charge in [-0.15, -0.1) is 0 Å². The van der Waals surface area contributed by atoms with E-state index >= 15 is 0 Å². The zero-order chi connectivity index (χ0) is 17.9. The van der Waals surface area contributed by atoms with Crippen LogP contribution in [-0.4, -0.2) is 41.0 Å². The molecule has 1 aromatic carbocycles. The highest BCUT2D eigenvalue weighted by molar-refractivity contribution is 7.89. The van der Waals surface area contributed by atoms with Crippen LogP contribution in [0.2, 0.25) is 0 Å². The number of hydrogen-bond acceptors (Lipinski definition) is 4. The van der Waals surface area contributed by atoms with Gasteiger partial charge in [0.2, 0.25) is 10.0 Å². The van der Waals surface area contributed by atoms with Crippen molar-refractivity contribution in [3.05, 3.63) is 18.2 Å². The van der Waals surface area contributed by atoms with Crippen LogP contribution < -0.4 is 14.2 Å². The monoisotopic (exact) mass is 367 g/mol. The molecule has 1 aromatic rings. The number of benzene rings is 1. The molecule has 0 atom stereocenters. The summed E-state index contributed by atoms with van der Waals surface area (Å²) in [6, 6.07) is 2.29. The second-order valence-electron chi connectivity index (χ2n) is 4.12. The second-order valence-corrected chi connectivity index (χ2v) is 5.98. The number of ether oxygens (including phenoxy) is 2. The van der Waals surface area contributed by atoms with Crippen molar-refractivity contribution in [1.82, 2.24) is 4.72 Å². The van der Waals surface area contributed by atoms with Crippen LogP contribution in [-0.2, 0) is 10.0 Å². The Morgan fingerprint density at radius 3 is 2.00 bits per heavy atom. The maximum atomic E-state index is 12.1. The lowest BCUT2D eigenvalue weighted by molar-refractivity contribution is -0.154. The molecule has 0 unspecified atom stereocenters. The normalized spacial score (nSPS) is 13.0. The molecule has 0 spiro atoms. The summed E-state index contributed by atoms with van der Waals surface area (Å²) in [7, 11) is -3.30. The molecule has 0 saturated heterocycles. The first kappa shape index (κ1) is 19.4. The fourth-order valence-corrected chi connectivity index (χ4v) is 2.23. The van der Waals surface area contributed by atoms with Crippen molar-refractivity contribution in [3.8, 4) is 11.5 Å². The van der Waals surface area contributed by atoms with Crippen molar-refractivity contribution >= 4 is 10.0 Å². The Labute approximate surface area is 127 Å². The maximum Gasteiger partial charge on any atom is 0.422 e. The molecular weight excluding hydrogens is 356 g/mol. The Balaban J connectivity index is 3.12. The molecule has 0 amide bonds. The lowest BCUT2D eigenvalue weighted by Crippen LogP contribution is -2.23. The maximum absolute atomic E-state index is 12.1. The van der Waals surface area contributed by atoms with Crippen LogP contribution in [0.15, 0.2) is 23.1 Å². The summed E-state index contributed by atoms with van der Waals surface area (Å²) < 4.78 is 107. The van der Waals surface area contributed by atoms with Crippen molar-refractivity contribution in [2.24, 2.45) is 0 Å². The summed E-state index contributed by atoms with van der Waals surface area (Å²) in [6.07, 6.45) is -9.38. The van der Waals surface area contributed by atoms with Crippen LogP contribution in [0.3, 0.4) is 0 Å². The van der Waals surface area contributed by atoms with Crippen LogP contribution in [0.4, 0.5) is 26.3 Å². The predicted molar refractivity (Wildman–Crippen MR) is 65.8 cm³/mol. The van der Waals surface area contributed by atoms with Gasteiger partial charge >= 0.3 is 12.4 Å². The molecule has 5 nitrogen and oxygen atoms in total. The highest BCUT2D eigenvalue weighted by Gasteiger charge is 2.31. The first-order valence-corrected chi connectivity index (χ1v) is 7.29. The van der Waals surface area contributed by atoms with Crippen LogP contribution in [0.25, 0.3) is 0 Å². The molecule has 1 rings (SSSR count). The van der Waals surface area contributed by atoms with Gasteiger partial charge in [0, 0.05) is 6.07 Å². The average molecular weight is 367 g/mol. The van der Waals surface area contributed by atoms with Gasteiger partial charge in [0.15, 0.2) is 13.2 Å². The molecule has 0 bridgehead atoms. The fraction of sp³-hybridized carbons (Fsp3) is 0.455. The van der Waals surface area contributed by atoms with Gasteiger partial charge in [0.1, 0.15) is 16.4 Å². The summed E-state index contributed by atoms with van der Waals surface area (Å²) in [5.74, 6) is -1.16. The number of sulfonamides is 1. The molecule has 132 valence electrons. The molecular formula is C11H11F6NO4S. The van der Waals surface area contributed by atoms with E-state index in [2.05, 4.69) is 9.47 Å². The van der Waals surface area contributed by atoms with Crippen LogP contribution >= 0.6 is 0 Å². The van der Waals surface area contributed by atoms with E-state index in [0.29, 0.717) is 6.07 Å². The molecule has 1 N–H and O–H groups in total. The Bertz CT molecular complexity index is 641. The summed E-state index contributed by atoms with van der Waals surface area (Å²) in [4.78, 5) is -0.774. The molecule has 0 fully saturated rings. The minimum atomic E-state index is -4.72. The van der Waals surface area contributed by atoms with Gasteiger partial charge in [0.25, 0.3) is 0 Å². The molecule has 23 heavy (non-hydrogen) atoms. The number of hydrogen-bond donors (Lipinski definition) is 1. The van der Waals surface area contributed by atoms with E-state index in [-0.39, 0.29) is 0 Å². The van der Waals surface area contributed by atoms with Crippen LogP contribution in [0, 0.1) is 0 Å². The van der Waals surface area contributed by atoms with E-state index in [1.54, 1.807) is 0 Å². The minimum absolute atomic E-state index is 0.490. The quantitative estimate of drug-likeness (QED) is 0.785. The zero-order valence-corrected chi connectivity index (χ0v) is 12.3. The van der Waals surface area contributed by atoms with Crippen molar-refractivity contribution in [3.63, 3.8) is 0 Å². The molecule has 0 saturated carbocycles. The van der Waals surface area contributed by atoms with E-state index in [0.717, 1.165) is 19.2 Å². The molecule has 0 radical (unpaired) electrons. The predicted octanol–water partition coefficient (Wildman–Crippen LogP) is 2.48. The average Bonchev–Trinajstić information content (AvgIpc) is 2.41. The van der Waals surface area contributed by atoms with Gasteiger partial charge in [0.05, 0.1) is 0 Å². The number of nitrogens with one attached hydrogen (secondary N) is 1. The Morgan fingerprint density at radius 1 is 1.00 bits per heavy atom. The third-order valence-corrected chi connectivity index (χ3v) is 3.70. The van der Waals surface area contributed by atoms with Gasteiger partial charge in [-0.3, -0.25) is 0 Å². The van der Waals surface area contributed by atoms with Crippen LogP contribution in [0.1, 0.15) is 0 Å². The van der Waals surface area contributed by atoms with Crippen molar-refractivity contribution in [1.29, 1.82) is 0 Å². The molecule has 0 aliphatic heterocycles. The fourth-order valence-electron chi connectivity index (χ4n) is 1.34. The minimum Gasteiger partial charge on any atom is -0.484 e. The molecule has 12 heteroatoms. The van der Waals surface area contributed by atoms with Crippen molar-refractivity contribution in [2.45, 2.75) is 17.2 Å². The topological polar surface area (TPSA) is 64.6 Å². The molecule has 0 aliphatic rings. The zero-order valence-electron chi connectivity index (χ0n) is 11.5. The van der Waals surface area contributed by atoms with Gasteiger partial charge < -0.3 is 9.47 Å². The molecule has 0 heterocycles. The van der Waals surface area contributed by atoms with E-state index in [4.69, 9.17) is 0 Å². The molecule has 0 aromatic heterocycles. The highest BCUT2D eigenvalue weighted by Crippen LogP contribution is 2.30. The van der Waals surface area contributed by atoms with Gasteiger partial charge in [-0.05, 0) is 19.2 Å². The Morgan fingerprint density at radius 2 is 1.52 bits per heavy atom. The van der Waals surface area contributed by atoms with E-state index in [1.165, 1.54) is 0 Å². The highest BCUT2D eigenvalue weighted by atomic mass is 32.2. The standard InChI is InChI=1S/C11H11F6NO4S/c1-18-23(19,20)9-4-7(21-5-10(12,13)14)2-3-8(9)22-6-11(15,16)17/h2-4,18H,5-6H2,1H3. The van der Waals surface area contributed by atoms with Crippen molar-refractivity contribution < 1.29 is 44.2 Å². The van der Waals surface area contributed by atoms with Crippen molar-refractivity contribution in [2.75, 3.05) is 20.3 Å². The third kappa shape index (κ3) is 6.52. The van der Waals surface area contributed by atoms with Gasteiger partial charge in [-0.2, -0.15) is 26.3 Å². The second kappa shape index (κ2) is 6.83.